The van der Waals surface area contributed by atoms with Gasteiger partial charge in [-0.1, -0.05) is 28.1 Å². The largest absolute Gasteiger partial charge is 0.507 e. The van der Waals surface area contributed by atoms with Gasteiger partial charge in [0.25, 0.3) is 5.91 Å². The second-order valence-electron chi connectivity index (χ2n) is 4.15. The van der Waals surface area contributed by atoms with Crippen molar-refractivity contribution in [1.82, 2.24) is 5.32 Å². The molecule has 0 atom stereocenters. The number of rotatable bonds is 3. The van der Waals surface area contributed by atoms with Crippen LogP contribution in [0.4, 0.5) is 0 Å². The van der Waals surface area contributed by atoms with Crippen LogP contribution in [0, 0.1) is 11.3 Å². The van der Waals surface area contributed by atoms with Crippen LogP contribution >= 0.6 is 15.9 Å². The van der Waals surface area contributed by atoms with E-state index in [0.717, 1.165) is 5.56 Å². The van der Waals surface area contributed by atoms with Crippen LogP contribution in [-0.2, 0) is 6.54 Å². The van der Waals surface area contributed by atoms with E-state index >= 15 is 0 Å². The SMILES string of the molecule is N#Cc1ccc(CNC(=O)c2ccc(Br)cc2O)cc1. The fourth-order valence-corrected chi connectivity index (χ4v) is 2.02. The van der Waals surface area contributed by atoms with E-state index in [-0.39, 0.29) is 17.2 Å². The molecule has 0 saturated carbocycles. The molecule has 2 rings (SSSR count). The van der Waals surface area contributed by atoms with E-state index in [4.69, 9.17) is 5.26 Å². The van der Waals surface area contributed by atoms with Gasteiger partial charge < -0.3 is 10.4 Å². The van der Waals surface area contributed by atoms with Gasteiger partial charge in [-0.2, -0.15) is 5.26 Å². The van der Waals surface area contributed by atoms with Crippen LogP contribution in [0.5, 0.6) is 5.75 Å². The van der Waals surface area contributed by atoms with E-state index in [1.165, 1.54) is 6.07 Å². The monoisotopic (exact) mass is 330 g/mol. The molecule has 0 unspecified atom stereocenters. The number of hydrogen-bond donors (Lipinski definition) is 2. The average molecular weight is 331 g/mol. The van der Waals surface area contributed by atoms with Crippen LogP contribution in [0.3, 0.4) is 0 Å². The van der Waals surface area contributed by atoms with Crippen LogP contribution < -0.4 is 5.32 Å². The number of amides is 1. The Morgan fingerprint density at radius 2 is 1.95 bits per heavy atom. The number of halogens is 1. The number of nitrogens with one attached hydrogen (secondary N) is 1. The summed E-state index contributed by atoms with van der Waals surface area (Å²) in [5, 5.41) is 21.1. The van der Waals surface area contributed by atoms with Gasteiger partial charge in [-0.15, -0.1) is 0 Å². The number of phenols is 1. The van der Waals surface area contributed by atoms with Crippen molar-refractivity contribution < 1.29 is 9.90 Å². The van der Waals surface area contributed by atoms with E-state index in [2.05, 4.69) is 21.2 Å². The molecule has 0 fully saturated rings. The molecule has 100 valence electrons. The van der Waals surface area contributed by atoms with Gasteiger partial charge in [0.05, 0.1) is 17.2 Å². The van der Waals surface area contributed by atoms with E-state index in [0.29, 0.717) is 16.6 Å². The summed E-state index contributed by atoms with van der Waals surface area (Å²) in [7, 11) is 0. The molecule has 0 aromatic heterocycles. The van der Waals surface area contributed by atoms with E-state index in [9.17, 15) is 9.90 Å². The number of hydrogen-bond acceptors (Lipinski definition) is 3. The Bertz CT molecular complexity index is 675. The molecule has 2 N–H and O–H groups in total. The van der Waals surface area contributed by atoms with Gasteiger partial charge in [0.1, 0.15) is 5.75 Å². The highest BCUT2D eigenvalue weighted by Gasteiger charge is 2.10. The number of nitrogens with zero attached hydrogens (tertiary/aromatic N) is 1. The maximum Gasteiger partial charge on any atom is 0.255 e. The molecule has 0 radical (unpaired) electrons. The third-order valence-corrected chi connectivity index (χ3v) is 3.23. The lowest BCUT2D eigenvalue weighted by Gasteiger charge is -2.07. The third kappa shape index (κ3) is 3.37. The first-order valence-corrected chi connectivity index (χ1v) is 6.65. The van der Waals surface area contributed by atoms with E-state index < -0.39 is 0 Å². The van der Waals surface area contributed by atoms with Gasteiger partial charge in [0.2, 0.25) is 0 Å². The summed E-state index contributed by atoms with van der Waals surface area (Å²) in [6, 6.07) is 13.7. The van der Waals surface area contributed by atoms with Crippen molar-refractivity contribution in [2.24, 2.45) is 0 Å². The second-order valence-corrected chi connectivity index (χ2v) is 5.07. The molecule has 0 aliphatic heterocycles. The van der Waals surface area contributed by atoms with Gasteiger partial charge in [-0.25, -0.2) is 0 Å². The van der Waals surface area contributed by atoms with Crippen molar-refractivity contribution in [3.63, 3.8) is 0 Å². The fourth-order valence-electron chi connectivity index (χ4n) is 1.67. The molecule has 0 aliphatic rings. The van der Waals surface area contributed by atoms with Gasteiger partial charge >= 0.3 is 0 Å². The molecule has 0 spiro atoms. The Balaban J connectivity index is 2.03. The standard InChI is InChI=1S/C15H11BrN2O2/c16-12-5-6-13(14(19)7-12)15(20)18-9-11-3-1-10(8-17)2-4-11/h1-7,19H,9H2,(H,18,20). The Hall–Kier alpha value is -2.32. The van der Waals surface area contributed by atoms with Crippen LogP contribution in [0.2, 0.25) is 0 Å². The van der Waals surface area contributed by atoms with Gasteiger partial charge in [-0.3, -0.25) is 4.79 Å². The van der Waals surface area contributed by atoms with Gasteiger partial charge in [0, 0.05) is 11.0 Å². The minimum absolute atomic E-state index is 0.0725. The second kappa shape index (κ2) is 6.22. The Labute approximate surface area is 124 Å². The average Bonchev–Trinajstić information content (AvgIpc) is 2.45. The molecule has 2 aromatic carbocycles. The minimum Gasteiger partial charge on any atom is -0.507 e. The molecule has 0 saturated heterocycles. The van der Waals surface area contributed by atoms with Crippen molar-refractivity contribution in [3.05, 3.63) is 63.6 Å². The van der Waals surface area contributed by atoms with Crippen LogP contribution in [0.25, 0.3) is 0 Å². The summed E-state index contributed by atoms with van der Waals surface area (Å²) >= 11 is 3.22. The van der Waals surface area contributed by atoms with Gasteiger partial charge in [0.15, 0.2) is 0 Å². The highest BCUT2D eigenvalue weighted by molar-refractivity contribution is 9.10. The fraction of sp³-hybridized carbons (Fsp3) is 0.0667. The molecule has 2 aromatic rings. The van der Waals surface area contributed by atoms with Crippen molar-refractivity contribution in [1.29, 1.82) is 5.26 Å². The molecule has 0 bridgehead atoms. The highest BCUT2D eigenvalue weighted by Crippen LogP contribution is 2.22. The predicted octanol–water partition coefficient (Wildman–Crippen LogP) is 2.96. The molecule has 1 amide bonds. The summed E-state index contributed by atoms with van der Waals surface area (Å²) in [6.45, 7) is 0.333. The molecule has 4 nitrogen and oxygen atoms in total. The summed E-state index contributed by atoms with van der Waals surface area (Å²) in [5.74, 6) is -0.420. The molecule has 0 heterocycles. The zero-order valence-corrected chi connectivity index (χ0v) is 12.0. The molecular formula is C15H11BrN2O2. The van der Waals surface area contributed by atoms with Crippen molar-refractivity contribution in [2.45, 2.75) is 6.54 Å². The van der Waals surface area contributed by atoms with E-state index in [1.807, 2.05) is 6.07 Å². The highest BCUT2D eigenvalue weighted by atomic mass is 79.9. The number of phenolic OH excluding ortho intramolecular Hbond substituents is 1. The maximum absolute atomic E-state index is 11.9. The topological polar surface area (TPSA) is 73.1 Å². The summed E-state index contributed by atoms with van der Waals surface area (Å²) in [6.07, 6.45) is 0. The molecule has 0 aliphatic carbocycles. The molecule has 20 heavy (non-hydrogen) atoms. The number of carbonyl (C=O) groups is 1. The lowest BCUT2D eigenvalue weighted by Crippen LogP contribution is -2.22. The Morgan fingerprint density at radius 3 is 2.55 bits per heavy atom. The van der Waals surface area contributed by atoms with Crippen LogP contribution in [0.1, 0.15) is 21.5 Å². The number of benzene rings is 2. The van der Waals surface area contributed by atoms with Crippen LogP contribution in [0.15, 0.2) is 46.9 Å². The summed E-state index contributed by atoms with van der Waals surface area (Å²) in [4.78, 5) is 11.9. The summed E-state index contributed by atoms with van der Waals surface area (Å²) < 4.78 is 0.707. The van der Waals surface area contributed by atoms with Gasteiger partial charge in [-0.05, 0) is 35.9 Å². The first-order valence-electron chi connectivity index (χ1n) is 5.86. The molecular weight excluding hydrogens is 320 g/mol. The zero-order valence-electron chi connectivity index (χ0n) is 10.4. The minimum atomic E-state index is -0.348. The zero-order chi connectivity index (χ0) is 14.5. The first-order chi connectivity index (χ1) is 9.60. The predicted molar refractivity (Wildman–Crippen MR) is 78.1 cm³/mol. The smallest absolute Gasteiger partial charge is 0.255 e. The maximum atomic E-state index is 11.9. The van der Waals surface area contributed by atoms with E-state index in [1.54, 1.807) is 36.4 Å². The number of aromatic hydroxyl groups is 1. The van der Waals surface area contributed by atoms with Crippen molar-refractivity contribution >= 4 is 21.8 Å². The number of carbonyl (C=O) groups excluding carboxylic acids is 1. The van der Waals surface area contributed by atoms with Crippen LogP contribution in [-0.4, -0.2) is 11.0 Å². The Morgan fingerprint density at radius 1 is 1.25 bits per heavy atom. The van der Waals surface area contributed by atoms with Crippen molar-refractivity contribution in [2.75, 3.05) is 0 Å². The lowest BCUT2D eigenvalue weighted by atomic mass is 10.1. The quantitative estimate of drug-likeness (QED) is 0.908. The lowest BCUT2D eigenvalue weighted by molar-refractivity contribution is 0.0948. The Kier molecular flexibility index (Phi) is 4.38. The summed E-state index contributed by atoms with van der Waals surface area (Å²) in [5.41, 5.74) is 1.68. The number of nitriles is 1. The van der Waals surface area contributed by atoms with Crippen molar-refractivity contribution in [3.8, 4) is 11.8 Å². The normalized spacial score (nSPS) is 9.80. The third-order valence-electron chi connectivity index (χ3n) is 2.74. The molecule has 5 heteroatoms. The first kappa shape index (κ1) is 14.1.